The van der Waals surface area contributed by atoms with Gasteiger partial charge in [0.05, 0.1) is 12.5 Å². The number of aryl methyl sites for hydroxylation is 1. The Labute approximate surface area is 175 Å². The van der Waals surface area contributed by atoms with E-state index < -0.39 is 11.9 Å². The Morgan fingerprint density at radius 2 is 1.93 bits per heavy atom. The van der Waals surface area contributed by atoms with Crippen LogP contribution < -0.4 is 5.32 Å². The van der Waals surface area contributed by atoms with E-state index in [4.69, 9.17) is 9.26 Å². The van der Waals surface area contributed by atoms with E-state index in [0.29, 0.717) is 44.7 Å². The first kappa shape index (κ1) is 21.5. The number of esters is 1. The lowest BCUT2D eigenvalue weighted by Gasteiger charge is -2.33. The van der Waals surface area contributed by atoms with E-state index in [1.807, 2.05) is 30.3 Å². The number of ether oxygens (including phenoxy) is 1. The summed E-state index contributed by atoms with van der Waals surface area (Å²) in [7, 11) is 0. The summed E-state index contributed by atoms with van der Waals surface area (Å²) < 4.78 is 10.1. The Balaban J connectivity index is 1.69. The van der Waals surface area contributed by atoms with Crippen LogP contribution in [0.3, 0.4) is 0 Å². The number of aromatic nitrogens is 1. The smallest absolute Gasteiger partial charge is 0.309 e. The van der Waals surface area contributed by atoms with Gasteiger partial charge in [-0.15, -0.1) is 0 Å². The summed E-state index contributed by atoms with van der Waals surface area (Å²) in [5, 5.41) is 6.53. The van der Waals surface area contributed by atoms with Crippen LogP contribution >= 0.6 is 0 Å². The van der Waals surface area contributed by atoms with Crippen LogP contribution in [0.25, 0.3) is 0 Å². The molecule has 0 radical (unpaired) electrons. The molecule has 1 atom stereocenters. The van der Waals surface area contributed by atoms with Crippen molar-refractivity contribution in [3.8, 4) is 0 Å². The molecule has 160 valence electrons. The molecule has 1 saturated heterocycles. The minimum Gasteiger partial charge on any atom is -0.466 e. The molecule has 2 amide bonds. The molecule has 0 spiro atoms. The van der Waals surface area contributed by atoms with Gasteiger partial charge in [-0.05, 0) is 32.3 Å². The predicted molar refractivity (Wildman–Crippen MR) is 109 cm³/mol. The minimum absolute atomic E-state index is 0.138. The number of hydrogen-bond acceptors (Lipinski definition) is 6. The summed E-state index contributed by atoms with van der Waals surface area (Å²) in [6, 6.07) is 10.3. The molecular formula is C22H27N3O5. The number of nitrogens with one attached hydrogen (secondary N) is 1. The van der Waals surface area contributed by atoms with Gasteiger partial charge in [0, 0.05) is 25.6 Å². The highest BCUT2D eigenvalue weighted by Crippen LogP contribution is 2.20. The summed E-state index contributed by atoms with van der Waals surface area (Å²) in [5.74, 6) is -0.501. The molecule has 1 aromatic carbocycles. The lowest BCUT2D eigenvalue weighted by molar-refractivity contribution is -0.151. The van der Waals surface area contributed by atoms with Gasteiger partial charge < -0.3 is 19.5 Å². The topological polar surface area (TPSA) is 102 Å². The molecule has 2 heterocycles. The van der Waals surface area contributed by atoms with Crippen molar-refractivity contribution >= 4 is 17.8 Å². The first-order valence-electron chi connectivity index (χ1n) is 10.2. The lowest BCUT2D eigenvalue weighted by Crippen LogP contribution is -2.52. The number of likely N-dealkylation sites (tertiary alicyclic amines) is 1. The largest absolute Gasteiger partial charge is 0.466 e. The monoisotopic (exact) mass is 413 g/mol. The van der Waals surface area contributed by atoms with Crippen LogP contribution in [-0.4, -0.2) is 53.6 Å². The fourth-order valence-corrected chi connectivity index (χ4v) is 3.57. The number of hydrogen-bond donors (Lipinski definition) is 1. The van der Waals surface area contributed by atoms with Crippen molar-refractivity contribution in [2.24, 2.45) is 5.92 Å². The second-order valence-corrected chi connectivity index (χ2v) is 7.39. The van der Waals surface area contributed by atoms with Gasteiger partial charge in [-0.3, -0.25) is 14.4 Å². The summed E-state index contributed by atoms with van der Waals surface area (Å²) in [4.78, 5) is 39.5. The summed E-state index contributed by atoms with van der Waals surface area (Å²) in [5.41, 5.74) is 1.08. The predicted octanol–water partition coefficient (Wildman–Crippen LogP) is 2.13. The number of amides is 2. The molecule has 8 heteroatoms. The van der Waals surface area contributed by atoms with E-state index >= 15 is 0 Å². The number of piperidine rings is 1. The van der Waals surface area contributed by atoms with Crippen molar-refractivity contribution in [3.05, 3.63) is 53.4 Å². The molecule has 1 aliphatic rings. The molecule has 3 rings (SSSR count). The van der Waals surface area contributed by atoms with Gasteiger partial charge in [-0.1, -0.05) is 35.5 Å². The van der Waals surface area contributed by atoms with E-state index in [1.54, 1.807) is 18.7 Å². The first-order valence-corrected chi connectivity index (χ1v) is 10.2. The summed E-state index contributed by atoms with van der Waals surface area (Å²) in [6.45, 7) is 4.73. The van der Waals surface area contributed by atoms with Crippen molar-refractivity contribution in [1.82, 2.24) is 15.4 Å². The summed E-state index contributed by atoms with van der Waals surface area (Å²) in [6.07, 6.45) is 1.47. The molecule has 1 unspecified atom stereocenters. The Morgan fingerprint density at radius 3 is 2.53 bits per heavy atom. The van der Waals surface area contributed by atoms with Gasteiger partial charge >= 0.3 is 5.97 Å². The minimum atomic E-state index is -0.740. The first-order chi connectivity index (χ1) is 14.5. The highest BCUT2D eigenvalue weighted by Gasteiger charge is 2.32. The molecule has 0 saturated carbocycles. The average molecular weight is 413 g/mol. The molecule has 1 N–H and O–H groups in total. The van der Waals surface area contributed by atoms with Gasteiger partial charge in [0.15, 0.2) is 5.69 Å². The molecule has 0 aliphatic carbocycles. The van der Waals surface area contributed by atoms with Gasteiger partial charge in [0.1, 0.15) is 11.8 Å². The van der Waals surface area contributed by atoms with Crippen LogP contribution in [0, 0.1) is 12.8 Å². The lowest BCUT2D eigenvalue weighted by atomic mass is 9.95. The van der Waals surface area contributed by atoms with Crippen LogP contribution in [-0.2, 0) is 20.7 Å². The van der Waals surface area contributed by atoms with Crippen molar-refractivity contribution in [3.63, 3.8) is 0 Å². The number of rotatable bonds is 7. The van der Waals surface area contributed by atoms with E-state index in [0.717, 1.165) is 5.56 Å². The highest BCUT2D eigenvalue weighted by atomic mass is 16.5. The molecule has 2 aromatic rings. The number of carbonyl (C=O) groups excluding carboxylic acids is 3. The van der Waals surface area contributed by atoms with Crippen molar-refractivity contribution in [2.45, 2.75) is 39.2 Å². The molecular weight excluding hydrogens is 386 g/mol. The highest BCUT2D eigenvalue weighted by molar-refractivity contribution is 5.96. The van der Waals surface area contributed by atoms with Gasteiger partial charge in [0.2, 0.25) is 5.91 Å². The maximum Gasteiger partial charge on any atom is 0.309 e. The number of benzene rings is 1. The van der Waals surface area contributed by atoms with Crippen molar-refractivity contribution in [1.29, 1.82) is 0 Å². The zero-order valence-corrected chi connectivity index (χ0v) is 17.3. The quantitative estimate of drug-likeness (QED) is 0.698. The Kier molecular flexibility index (Phi) is 7.21. The van der Waals surface area contributed by atoms with Crippen LogP contribution in [0.1, 0.15) is 41.6 Å². The second kappa shape index (κ2) is 10.0. The molecule has 1 fully saturated rings. The fraction of sp³-hybridized carbons (Fsp3) is 0.455. The Morgan fingerprint density at radius 1 is 1.23 bits per heavy atom. The van der Waals surface area contributed by atoms with E-state index in [2.05, 4.69) is 10.5 Å². The maximum absolute atomic E-state index is 13.2. The standard InChI is InChI=1S/C22H27N3O5/c1-3-29-22(28)17-9-11-25(12-10-17)21(27)19(14-16-7-5-4-6-8-16)23-20(26)18-13-15(2)30-24-18/h4-8,13,17,19H,3,9-12,14H2,1-2H3,(H,23,26). The van der Waals surface area contributed by atoms with Crippen molar-refractivity contribution < 1.29 is 23.6 Å². The number of carbonyl (C=O) groups is 3. The van der Waals surface area contributed by atoms with Crippen LogP contribution in [0.2, 0.25) is 0 Å². The van der Waals surface area contributed by atoms with E-state index in [-0.39, 0.29) is 23.5 Å². The van der Waals surface area contributed by atoms with Gasteiger partial charge in [-0.2, -0.15) is 0 Å². The Hall–Kier alpha value is -3.16. The van der Waals surface area contributed by atoms with Crippen LogP contribution in [0.15, 0.2) is 40.9 Å². The van der Waals surface area contributed by atoms with Crippen LogP contribution in [0.4, 0.5) is 0 Å². The fourth-order valence-electron chi connectivity index (χ4n) is 3.57. The van der Waals surface area contributed by atoms with Crippen LogP contribution in [0.5, 0.6) is 0 Å². The van der Waals surface area contributed by atoms with Gasteiger partial charge in [0.25, 0.3) is 5.91 Å². The second-order valence-electron chi connectivity index (χ2n) is 7.39. The molecule has 0 bridgehead atoms. The molecule has 1 aromatic heterocycles. The SMILES string of the molecule is CCOC(=O)C1CCN(C(=O)C(Cc2ccccc2)NC(=O)c2cc(C)on2)CC1. The third kappa shape index (κ3) is 5.46. The molecule has 8 nitrogen and oxygen atoms in total. The normalized spacial score (nSPS) is 15.5. The van der Waals surface area contributed by atoms with E-state index in [9.17, 15) is 14.4 Å². The number of nitrogens with zero attached hydrogens (tertiary/aromatic N) is 2. The van der Waals surface area contributed by atoms with E-state index in [1.165, 1.54) is 6.07 Å². The Bertz CT molecular complexity index is 872. The molecule has 30 heavy (non-hydrogen) atoms. The average Bonchev–Trinajstić information content (AvgIpc) is 3.20. The van der Waals surface area contributed by atoms with Crippen molar-refractivity contribution in [2.75, 3.05) is 19.7 Å². The zero-order chi connectivity index (χ0) is 21.5. The molecule has 1 aliphatic heterocycles. The van der Waals surface area contributed by atoms with Gasteiger partial charge in [-0.25, -0.2) is 0 Å². The third-order valence-electron chi connectivity index (χ3n) is 5.17. The summed E-state index contributed by atoms with van der Waals surface area (Å²) >= 11 is 0. The third-order valence-corrected chi connectivity index (χ3v) is 5.17. The zero-order valence-electron chi connectivity index (χ0n) is 17.3. The maximum atomic E-state index is 13.2.